The number of oxazole rings is 1. The monoisotopic (exact) mass is 373 g/mol. The van der Waals surface area contributed by atoms with Crippen LogP contribution in [0.15, 0.2) is 88.2 Å². The molecule has 0 N–H and O–H groups in total. The van der Waals surface area contributed by atoms with E-state index in [1.165, 1.54) is 4.57 Å². The van der Waals surface area contributed by atoms with Crippen LogP contribution in [0.3, 0.4) is 0 Å². The molecule has 0 bridgehead atoms. The molecule has 0 aliphatic heterocycles. The Balaban J connectivity index is 1.74. The predicted molar refractivity (Wildman–Crippen MR) is 107 cm³/mol. The lowest BCUT2D eigenvalue weighted by Gasteiger charge is -2.26. The fourth-order valence-corrected chi connectivity index (χ4v) is 3.22. The molecule has 2 aromatic carbocycles. The molecular formula is C22H19N3O3. The molecule has 0 spiro atoms. The minimum Gasteiger partial charge on any atom is -0.406 e. The minimum atomic E-state index is -0.771. The van der Waals surface area contributed by atoms with Crippen molar-refractivity contribution in [1.82, 2.24) is 9.55 Å². The Labute approximate surface area is 161 Å². The van der Waals surface area contributed by atoms with Crippen LogP contribution >= 0.6 is 0 Å². The zero-order valence-electron chi connectivity index (χ0n) is 15.4. The van der Waals surface area contributed by atoms with Crippen molar-refractivity contribution in [3.63, 3.8) is 0 Å². The average Bonchev–Trinajstić information content (AvgIpc) is 3.08. The van der Waals surface area contributed by atoms with Gasteiger partial charge in [-0.15, -0.1) is 0 Å². The largest absolute Gasteiger partial charge is 0.421 e. The lowest BCUT2D eigenvalue weighted by molar-refractivity contribution is -0.121. The molecule has 2 aromatic heterocycles. The van der Waals surface area contributed by atoms with Crippen molar-refractivity contribution in [3.8, 4) is 0 Å². The van der Waals surface area contributed by atoms with E-state index in [1.807, 2.05) is 60.7 Å². The summed E-state index contributed by atoms with van der Waals surface area (Å²) in [5.41, 5.74) is 2.48. The number of nitrogens with zero attached hydrogens (tertiary/aromatic N) is 3. The molecule has 4 aromatic rings. The van der Waals surface area contributed by atoms with Gasteiger partial charge in [0.25, 0.3) is 0 Å². The first kappa shape index (κ1) is 17.7. The Morgan fingerprint density at radius 3 is 2.43 bits per heavy atom. The fraction of sp³-hybridized carbons (Fsp3) is 0.136. The Kier molecular flexibility index (Phi) is 4.76. The van der Waals surface area contributed by atoms with Crippen molar-refractivity contribution < 1.29 is 9.21 Å². The van der Waals surface area contributed by atoms with Gasteiger partial charge in [0, 0.05) is 11.9 Å². The van der Waals surface area contributed by atoms with Crippen molar-refractivity contribution in [2.75, 3.05) is 4.90 Å². The molecule has 140 valence electrons. The summed E-state index contributed by atoms with van der Waals surface area (Å²) in [7, 11) is 0. The molecule has 0 aliphatic carbocycles. The van der Waals surface area contributed by atoms with Crippen LogP contribution in [0, 0.1) is 0 Å². The number of carbonyl (C=O) groups is 1. The lowest BCUT2D eigenvalue weighted by atomic mass is 10.1. The summed E-state index contributed by atoms with van der Waals surface area (Å²) in [6, 6.07) is 21.7. The van der Waals surface area contributed by atoms with Crippen LogP contribution in [0.25, 0.3) is 11.2 Å². The van der Waals surface area contributed by atoms with Gasteiger partial charge in [-0.25, -0.2) is 14.3 Å². The van der Waals surface area contributed by atoms with E-state index in [1.54, 1.807) is 30.2 Å². The van der Waals surface area contributed by atoms with E-state index >= 15 is 0 Å². The van der Waals surface area contributed by atoms with Gasteiger partial charge < -0.3 is 9.32 Å². The van der Waals surface area contributed by atoms with Crippen LogP contribution in [0.2, 0.25) is 0 Å². The highest BCUT2D eigenvalue weighted by Gasteiger charge is 2.27. The van der Waals surface area contributed by atoms with E-state index in [-0.39, 0.29) is 5.91 Å². The summed E-state index contributed by atoms with van der Waals surface area (Å²) in [6.45, 7) is 2.08. The van der Waals surface area contributed by atoms with Gasteiger partial charge in [-0.2, -0.15) is 0 Å². The SMILES string of the molecule is CC(C(=O)N(Cc1ccccc1)c1ccccc1)n1c(=O)oc2cccnc21. The Hall–Kier alpha value is -3.67. The number of aromatic nitrogens is 2. The number of fused-ring (bicyclic) bond motifs is 1. The number of hydrogen-bond acceptors (Lipinski definition) is 4. The van der Waals surface area contributed by atoms with Crippen LogP contribution in [0.4, 0.5) is 5.69 Å². The van der Waals surface area contributed by atoms with Gasteiger partial charge in [-0.1, -0.05) is 48.5 Å². The van der Waals surface area contributed by atoms with Crippen LogP contribution in [0.1, 0.15) is 18.5 Å². The van der Waals surface area contributed by atoms with E-state index in [0.717, 1.165) is 11.3 Å². The molecule has 6 nitrogen and oxygen atoms in total. The van der Waals surface area contributed by atoms with Gasteiger partial charge in [-0.05, 0) is 36.8 Å². The molecule has 1 atom stereocenters. The molecule has 28 heavy (non-hydrogen) atoms. The molecule has 0 saturated carbocycles. The average molecular weight is 373 g/mol. The van der Waals surface area contributed by atoms with Crippen LogP contribution < -0.4 is 10.7 Å². The maximum atomic E-state index is 13.4. The van der Waals surface area contributed by atoms with Crippen LogP contribution in [0.5, 0.6) is 0 Å². The summed E-state index contributed by atoms with van der Waals surface area (Å²) in [5, 5.41) is 0. The zero-order valence-corrected chi connectivity index (χ0v) is 15.4. The Morgan fingerprint density at radius 2 is 1.71 bits per heavy atom. The topological polar surface area (TPSA) is 68.3 Å². The number of rotatable bonds is 5. The highest BCUT2D eigenvalue weighted by atomic mass is 16.4. The number of amides is 1. The number of pyridine rings is 1. The first-order chi connectivity index (χ1) is 13.6. The summed E-state index contributed by atoms with van der Waals surface area (Å²) < 4.78 is 6.55. The minimum absolute atomic E-state index is 0.217. The van der Waals surface area contributed by atoms with Gasteiger partial charge in [0.1, 0.15) is 6.04 Å². The number of carbonyl (C=O) groups excluding carboxylic acids is 1. The van der Waals surface area contributed by atoms with Gasteiger partial charge in [0.05, 0.1) is 6.54 Å². The third kappa shape index (κ3) is 3.32. The first-order valence-electron chi connectivity index (χ1n) is 9.01. The number of benzene rings is 2. The highest BCUT2D eigenvalue weighted by Crippen LogP contribution is 2.23. The third-order valence-corrected chi connectivity index (χ3v) is 4.64. The van der Waals surface area contributed by atoms with Crippen molar-refractivity contribution in [2.24, 2.45) is 0 Å². The normalized spacial score (nSPS) is 12.0. The second-order valence-corrected chi connectivity index (χ2v) is 6.48. The Morgan fingerprint density at radius 1 is 1.04 bits per heavy atom. The second-order valence-electron chi connectivity index (χ2n) is 6.48. The second kappa shape index (κ2) is 7.52. The van der Waals surface area contributed by atoms with E-state index in [9.17, 15) is 9.59 Å². The summed E-state index contributed by atoms with van der Waals surface area (Å²) in [6.07, 6.45) is 1.57. The Bertz CT molecular complexity index is 1150. The van der Waals surface area contributed by atoms with Crippen molar-refractivity contribution in [1.29, 1.82) is 0 Å². The lowest BCUT2D eigenvalue weighted by Crippen LogP contribution is -2.38. The van der Waals surface area contributed by atoms with Gasteiger partial charge in [-0.3, -0.25) is 4.79 Å². The zero-order chi connectivity index (χ0) is 19.5. The molecule has 1 amide bonds. The van der Waals surface area contributed by atoms with Gasteiger partial charge in [0.2, 0.25) is 5.91 Å². The quantitative estimate of drug-likeness (QED) is 0.534. The molecule has 0 fully saturated rings. The molecular weight excluding hydrogens is 354 g/mol. The molecule has 6 heteroatoms. The smallest absolute Gasteiger partial charge is 0.406 e. The molecule has 2 heterocycles. The van der Waals surface area contributed by atoms with E-state index in [2.05, 4.69) is 4.98 Å². The molecule has 4 rings (SSSR count). The van der Waals surface area contributed by atoms with Crippen molar-refractivity contribution in [3.05, 3.63) is 95.1 Å². The standard InChI is InChI=1S/C22H19N3O3/c1-16(25-20-19(28-22(25)27)13-8-14-23-20)21(26)24(18-11-6-3-7-12-18)15-17-9-4-2-5-10-17/h2-14,16H,15H2,1H3. The van der Waals surface area contributed by atoms with Gasteiger partial charge in [0.15, 0.2) is 11.2 Å². The third-order valence-electron chi connectivity index (χ3n) is 4.64. The summed E-state index contributed by atoms with van der Waals surface area (Å²) in [5.74, 6) is -0.812. The molecule has 0 aliphatic rings. The van der Waals surface area contributed by atoms with E-state index in [4.69, 9.17) is 4.42 Å². The van der Waals surface area contributed by atoms with Crippen molar-refractivity contribution >= 4 is 22.8 Å². The number of para-hydroxylation sites is 1. The summed E-state index contributed by atoms with van der Waals surface area (Å²) in [4.78, 5) is 31.7. The number of hydrogen-bond donors (Lipinski definition) is 0. The number of anilines is 1. The molecule has 0 saturated heterocycles. The first-order valence-corrected chi connectivity index (χ1v) is 9.01. The van der Waals surface area contributed by atoms with Crippen LogP contribution in [-0.4, -0.2) is 15.5 Å². The van der Waals surface area contributed by atoms with E-state index in [0.29, 0.717) is 17.8 Å². The maximum Gasteiger partial charge on any atom is 0.421 e. The molecule has 1 unspecified atom stereocenters. The summed E-state index contributed by atoms with van der Waals surface area (Å²) >= 11 is 0. The highest BCUT2D eigenvalue weighted by molar-refractivity contribution is 5.96. The van der Waals surface area contributed by atoms with Gasteiger partial charge >= 0.3 is 5.76 Å². The van der Waals surface area contributed by atoms with Crippen molar-refractivity contribution in [2.45, 2.75) is 19.5 Å². The molecule has 0 radical (unpaired) electrons. The van der Waals surface area contributed by atoms with Crippen LogP contribution in [-0.2, 0) is 11.3 Å². The fourth-order valence-electron chi connectivity index (χ4n) is 3.22. The van der Waals surface area contributed by atoms with E-state index < -0.39 is 11.8 Å². The maximum absolute atomic E-state index is 13.4. The predicted octanol–water partition coefficient (Wildman–Crippen LogP) is 3.78.